The summed E-state index contributed by atoms with van der Waals surface area (Å²) in [5.41, 5.74) is 8.39. The molecule has 0 spiro atoms. The summed E-state index contributed by atoms with van der Waals surface area (Å²) in [4.78, 5) is 2.30. The van der Waals surface area contributed by atoms with Crippen molar-refractivity contribution >= 4 is 17.1 Å². The summed E-state index contributed by atoms with van der Waals surface area (Å²) in [5.74, 6) is 0. The number of hydrogen-bond donors (Lipinski definition) is 2. The van der Waals surface area contributed by atoms with Crippen LogP contribution in [0.2, 0.25) is 0 Å². The van der Waals surface area contributed by atoms with Crippen LogP contribution in [0.4, 0.5) is 17.1 Å². The van der Waals surface area contributed by atoms with E-state index in [1.54, 1.807) is 0 Å². The highest BCUT2D eigenvalue weighted by molar-refractivity contribution is 5.79. The number of anilines is 3. The molecule has 0 unspecified atom stereocenters. The van der Waals surface area contributed by atoms with Gasteiger partial charge in [-0.15, -0.1) is 0 Å². The molecule has 152 valence electrons. The van der Waals surface area contributed by atoms with Crippen molar-refractivity contribution in [1.29, 1.82) is 0 Å². The molecule has 0 atom stereocenters. The summed E-state index contributed by atoms with van der Waals surface area (Å²) in [6.07, 6.45) is 3.25. The molecular weight excluding hydrogens is 358 g/mol. The van der Waals surface area contributed by atoms with Crippen LogP contribution < -0.4 is 4.90 Å². The van der Waals surface area contributed by atoms with E-state index in [1.165, 1.54) is 22.3 Å². The molecule has 0 saturated heterocycles. The van der Waals surface area contributed by atoms with Gasteiger partial charge >= 0.3 is 0 Å². The Morgan fingerprint density at radius 1 is 0.690 bits per heavy atom. The van der Waals surface area contributed by atoms with Gasteiger partial charge in [-0.1, -0.05) is 36.4 Å². The summed E-state index contributed by atoms with van der Waals surface area (Å²) in [5, 5.41) is 18.4. The van der Waals surface area contributed by atoms with Gasteiger partial charge in [-0.05, 0) is 92.1 Å². The molecule has 3 heteroatoms. The Bertz CT molecular complexity index is 918. The highest BCUT2D eigenvalue weighted by Crippen LogP contribution is 2.37. The SMILES string of the molecule is Cc1ccc(N(c2ccc(CCCO)cc2)c2ccccc2CCCO)cc1C. The second-order valence-electron chi connectivity index (χ2n) is 7.55. The minimum absolute atomic E-state index is 0.192. The third-order valence-corrected chi connectivity index (χ3v) is 5.40. The molecule has 0 radical (unpaired) electrons. The van der Waals surface area contributed by atoms with Crippen LogP contribution in [-0.4, -0.2) is 23.4 Å². The lowest BCUT2D eigenvalue weighted by molar-refractivity contribution is 0.288. The van der Waals surface area contributed by atoms with Crippen molar-refractivity contribution in [2.75, 3.05) is 18.1 Å². The molecule has 0 fully saturated rings. The van der Waals surface area contributed by atoms with E-state index < -0.39 is 0 Å². The molecule has 0 aliphatic rings. The summed E-state index contributed by atoms with van der Waals surface area (Å²) in [6, 6.07) is 23.6. The minimum atomic E-state index is 0.192. The van der Waals surface area contributed by atoms with Gasteiger partial charge < -0.3 is 15.1 Å². The van der Waals surface area contributed by atoms with E-state index in [-0.39, 0.29) is 13.2 Å². The highest BCUT2D eigenvalue weighted by Gasteiger charge is 2.16. The summed E-state index contributed by atoms with van der Waals surface area (Å²) >= 11 is 0. The first-order valence-electron chi connectivity index (χ1n) is 10.4. The van der Waals surface area contributed by atoms with E-state index in [0.29, 0.717) is 0 Å². The van der Waals surface area contributed by atoms with Crippen LogP contribution in [0.5, 0.6) is 0 Å². The maximum absolute atomic E-state index is 9.33. The van der Waals surface area contributed by atoms with Crippen molar-refractivity contribution < 1.29 is 10.2 Å². The fraction of sp³-hybridized carbons (Fsp3) is 0.308. The largest absolute Gasteiger partial charge is 0.396 e. The topological polar surface area (TPSA) is 43.7 Å². The number of aryl methyl sites for hydroxylation is 4. The van der Waals surface area contributed by atoms with Crippen LogP contribution >= 0.6 is 0 Å². The molecule has 0 aliphatic carbocycles. The molecule has 29 heavy (non-hydrogen) atoms. The van der Waals surface area contributed by atoms with Crippen molar-refractivity contribution in [3.05, 3.63) is 89.0 Å². The van der Waals surface area contributed by atoms with Crippen LogP contribution in [0.1, 0.15) is 35.1 Å². The summed E-state index contributed by atoms with van der Waals surface area (Å²) in [7, 11) is 0. The van der Waals surface area contributed by atoms with Crippen molar-refractivity contribution in [1.82, 2.24) is 0 Å². The van der Waals surface area contributed by atoms with Crippen LogP contribution in [0.25, 0.3) is 0 Å². The molecule has 0 saturated carbocycles. The van der Waals surface area contributed by atoms with Crippen LogP contribution in [0.15, 0.2) is 66.7 Å². The Morgan fingerprint density at radius 3 is 2.03 bits per heavy atom. The number of hydrogen-bond acceptors (Lipinski definition) is 3. The number of aliphatic hydroxyl groups is 2. The van der Waals surface area contributed by atoms with Crippen LogP contribution in [-0.2, 0) is 12.8 Å². The second kappa shape index (κ2) is 10.2. The Morgan fingerprint density at radius 2 is 1.34 bits per heavy atom. The minimum Gasteiger partial charge on any atom is -0.396 e. The zero-order chi connectivity index (χ0) is 20.6. The third-order valence-electron chi connectivity index (χ3n) is 5.40. The predicted octanol–water partition coefficient (Wildman–Crippen LogP) is 5.62. The Hall–Kier alpha value is -2.62. The lowest BCUT2D eigenvalue weighted by Gasteiger charge is -2.28. The van der Waals surface area contributed by atoms with Gasteiger partial charge in [-0.3, -0.25) is 0 Å². The van der Waals surface area contributed by atoms with Gasteiger partial charge in [0.05, 0.1) is 0 Å². The summed E-state index contributed by atoms with van der Waals surface area (Å²) in [6.45, 7) is 4.69. The number of aliphatic hydroxyl groups excluding tert-OH is 2. The fourth-order valence-corrected chi connectivity index (χ4v) is 3.60. The number of rotatable bonds is 9. The van der Waals surface area contributed by atoms with E-state index in [1.807, 2.05) is 0 Å². The van der Waals surface area contributed by atoms with E-state index >= 15 is 0 Å². The number of nitrogens with zero attached hydrogens (tertiary/aromatic N) is 1. The zero-order valence-corrected chi connectivity index (χ0v) is 17.4. The second-order valence-corrected chi connectivity index (χ2v) is 7.55. The maximum Gasteiger partial charge on any atom is 0.0493 e. The average Bonchev–Trinajstić information content (AvgIpc) is 2.75. The molecule has 0 bridgehead atoms. The van der Waals surface area contributed by atoms with E-state index in [2.05, 4.69) is 85.5 Å². The lowest BCUT2D eigenvalue weighted by atomic mass is 10.0. The molecule has 3 nitrogen and oxygen atoms in total. The first kappa shape index (κ1) is 21.1. The molecular formula is C26H31NO2. The molecule has 2 N–H and O–H groups in total. The van der Waals surface area contributed by atoms with Crippen molar-refractivity contribution in [2.45, 2.75) is 39.5 Å². The monoisotopic (exact) mass is 389 g/mol. The number of para-hydroxylation sites is 1. The van der Waals surface area contributed by atoms with E-state index in [4.69, 9.17) is 5.11 Å². The average molecular weight is 390 g/mol. The van der Waals surface area contributed by atoms with E-state index in [9.17, 15) is 5.11 Å². The molecule has 0 aromatic heterocycles. The molecule has 0 aliphatic heterocycles. The number of benzene rings is 3. The molecule has 0 heterocycles. The zero-order valence-electron chi connectivity index (χ0n) is 17.4. The van der Waals surface area contributed by atoms with Crippen molar-refractivity contribution in [3.63, 3.8) is 0 Å². The van der Waals surface area contributed by atoms with Gasteiger partial charge in [0.15, 0.2) is 0 Å². The maximum atomic E-state index is 9.33. The first-order valence-corrected chi connectivity index (χ1v) is 10.4. The standard InChI is InChI=1S/C26H31NO2/c1-20-11-14-25(19-21(20)2)27(24-15-12-22(13-16-24)7-5-17-28)26-10-4-3-8-23(26)9-6-18-29/h3-4,8,10-16,19,28-29H,5-7,9,17-18H2,1-2H3. The Balaban J connectivity index is 2.06. The smallest absolute Gasteiger partial charge is 0.0493 e. The fourth-order valence-electron chi connectivity index (χ4n) is 3.60. The quantitative estimate of drug-likeness (QED) is 0.499. The predicted molar refractivity (Wildman–Crippen MR) is 121 cm³/mol. The Labute approximate surface area is 174 Å². The molecule has 3 aromatic carbocycles. The first-order chi connectivity index (χ1) is 14.1. The lowest BCUT2D eigenvalue weighted by Crippen LogP contribution is -2.13. The van der Waals surface area contributed by atoms with Gasteiger partial charge in [-0.25, -0.2) is 0 Å². The third kappa shape index (κ3) is 5.26. The van der Waals surface area contributed by atoms with Gasteiger partial charge in [-0.2, -0.15) is 0 Å². The normalized spacial score (nSPS) is 10.9. The van der Waals surface area contributed by atoms with Crippen molar-refractivity contribution in [3.8, 4) is 0 Å². The molecule has 0 amide bonds. The van der Waals surface area contributed by atoms with Crippen molar-refractivity contribution in [2.24, 2.45) is 0 Å². The van der Waals surface area contributed by atoms with Gasteiger partial charge in [0.2, 0.25) is 0 Å². The molecule has 3 rings (SSSR count). The highest BCUT2D eigenvalue weighted by atomic mass is 16.3. The van der Waals surface area contributed by atoms with Crippen LogP contribution in [0, 0.1) is 13.8 Å². The summed E-state index contributed by atoms with van der Waals surface area (Å²) < 4.78 is 0. The Kier molecular flexibility index (Phi) is 7.45. The van der Waals surface area contributed by atoms with E-state index in [0.717, 1.165) is 42.7 Å². The van der Waals surface area contributed by atoms with Gasteiger partial charge in [0, 0.05) is 30.3 Å². The van der Waals surface area contributed by atoms with Gasteiger partial charge in [0.1, 0.15) is 0 Å². The molecule has 3 aromatic rings. The van der Waals surface area contributed by atoms with Crippen LogP contribution in [0.3, 0.4) is 0 Å². The van der Waals surface area contributed by atoms with Gasteiger partial charge in [0.25, 0.3) is 0 Å².